The van der Waals surface area contributed by atoms with E-state index in [1.54, 1.807) is 24.3 Å². The molecule has 0 radical (unpaired) electrons. The quantitative estimate of drug-likeness (QED) is 0.223. The number of benzene rings is 3. The van der Waals surface area contributed by atoms with Crippen LogP contribution in [0.2, 0.25) is 0 Å². The Hall–Kier alpha value is -4.60. The number of nitro benzene ring substituents is 1. The lowest BCUT2D eigenvalue weighted by Crippen LogP contribution is -2.09. The molecule has 0 unspecified atom stereocenters. The third kappa shape index (κ3) is 5.01. The van der Waals surface area contributed by atoms with Crippen molar-refractivity contribution in [3.05, 3.63) is 88.5 Å². The van der Waals surface area contributed by atoms with Gasteiger partial charge in [-0.25, -0.2) is 4.98 Å². The number of carbonyl (C=O) groups is 1. The van der Waals surface area contributed by atoms with Gasteiger partial charge in [0.05, 0.1) is 21.6 Å². The first-order valence-electron chi connectivity index (χ1n) is 9.67. The molecule has 1 amide bonds. The molecule has 0 fully saturated rings. The highest BCUT2D eigenvalue weighted by Crippen LogP contribution is 2.29. The van der Waals surface area contributed by atoms with E-state index < -0.39 is 17.4 Å². The van der Waals surface area contributed by atoms with Crippen LogP contribution in [0, 0.1) is 10.1 Å². The van der Waals surface area contributed by atoms with E-state index >= 15 is 0 Å². The summed E-state index contributed by atoms with van der Waals surface area (Å²) in [6.45, 7) is -3.12. The molecule has 0 aliphatic carbocycles. The van der Waals surface area contributed by atoms with Crippen LogP contribution in [0.25, 0.3) is 28.5 Å². The van der Waals surface area contributed by atoms with Gasteiger partial charge < -0.3 is 15.0 Å². The van der Waals surface area contributed by atoms with Crippen molar-refractivity contribution in [2.45, 2.75) is 6.61 Å². The summed E-state index contributed by atoms with van der Waals surface area (Å²) in [5.74, 6) is -0.308. The van der Waals surface area contributed by atoms with E-state index in [0.29, 0.717) is 17.1 Å². The van der Waals surface area contributed by atoms with Crippen LogP contribution in [0.5, 0.6) is 5.75 Å². The van der Waals surface area contributed by atoms with Gasteiger partial charge in [-0.1, -0.05) is 24.3 Å². The predicted molar refractivity (Wildman–Crippen MR) is 119 cm³/mol. The number of nitro groups is 1. The van der Waals surface area contributed by atoms with Gasteiger partial charge in [0.1, 0.15) is 11.6 Å². The van der Waals surface area contributed by atoms with Gasteiger partial charge in [-0.2, -0.15) is 8.78 Å². The molecule has 2 N–H and O–H groups in total. The van der Waals surface area contributed by atoms with E-state index in [4.69, 9.17) is 0 Å². The van der Waals surface area contributed by atoms with E-state index in [0.717, 1.165) is 35.3 Å². The molecule has 33 heavy (non-hydrogen) atoms. The molecular formula is C23H16F2N4O4. The average molecular weight is 450 g/mol. The second kappa shape index (κ2) is 9.27. The van der Waals surface area contributed by atoms with Gasteiger partial charge in [0.15, 0.2) is 0 Å². The predicted octanol–water partition coefficient (Wildman–Crippen LogP) is 5.39. The van der Waals surface area contributed by atoms with Crippen LogP contribution in [0.4, 0.5) is 20.2 Å². The molecule has 166 valence electrons. The summed E-state index contributed by atoms with van der Waals surface area (Å²) < 4.78 is 29.7. The fourth-order valence-corrected chi connectivity index (χ4v) is 3.20. The Labute approximate surface area is 185 Å². The SMILES string of the molecule is O=C(C=Cc1cc([N+](=O)[O-])ccc1OC(F)F)Nc1ccccc1-c1nc2ccccc2[nH]1. The van der Waals surface area contributed by atoms with Gasteiger partial charge in [-0.3, -0.25) is 14.9 Å². The second-order valence-electron chi connectivity index (χ2n) is 6.83. The Bertz CT molecular complexity index is 1330. The third-order valence-corrected chi connectivity index (χ3v) is 4.66. The average Bonchev–Trinajstić information content (AvgIpc) is 3.22. The minimum Gasteiger partial charge on any atom is -0.434 e. The molecule has 3 aromatic carbocycles. The molecule has 8 nitrogen and oxygen atoms in total. The van der Waals surface area contributed by atoms with Gasteiger partial charge in [-0.05, 0) is 36.4 Å². The topological polar surface area (TPSA) is 110 Å². The van der Waals surface area contributed by atoms with Crippen molar-refractivity contribution in [3.8, 4) is 17.1 Å². The van der Waals surface area contributed by atoms with E-state index in [9.17, 15) is 23.7 Å². The number of halogens is 2. The Morgan fingerprint density at radius 2 is 1.88 bits per heavy atom. The largest absolute Gasteiger partial charge is 0.434 e. The molecule has 4 rings (SSSR count). The number of amides is 1. The van der Waals surface area contributed by atoms with E-state index in [1.807, 2.05) is 24.3 Å². The summed E-state index contributed by atoms with van der Waals surface area (Å²) in [6.07, 6.45) is 2.25. The van der Waals surface area contributed by atoms with E-state index in [2.05, 4.69) is 20.0 Å². The van der Waals surface area contributed by atoms with Crippen LogP contribution < -0.4 is 10.1 Å². The maximum atomic E-state index is 12.7. The summed E-state index contributed by atoms with van der Waals surface area (Å²) in [6, 6.07) is 17.6. The van der Waals surface area contributed by atoms with Crippen molar-refractivity contribution in [1.82, 2.24) is 9.97 Å². The Morgan fingerprint density at radius 3 is 2.64 bits per heavy atom. The zero-order valence-electron chi connectivity index (χ0n) is 16.9. The second-order valence-corrected chi connectivity index (χ2v) is 6.83. The molecule has 0 saturated carbocycles. The third-order valence-electron chi connectivity index (χ3n) is 4.66. The number of rotatable bonds is 7. The van der Waals surface area contributed by atoms with E-state index in [-0.39, 0.29) is 17.0 Å². The number of non-ortho nitro benzene ring substituents is 1. The molecule has 4 aromatic rings. The van der Waals surface area contributed by atoms with Crippen molar-refractivity contribution in [2.24, 2.45) is 0 Å². The molecular weight excluding hydrogens is 434 g/mol. The van der Waals surface area contributed by atoms with Gasteiger partial charge >= 0.3 is 6.61 Å². The van der Waals surface area contributed by atoms with Crippen molar-refractivity contribution in [3.63, 3.8) is 0 Å². The van der Waals surface area contributed by atoms with Crippen LogP contribution >= 0.6 is 0 Å². The van der Waals surface area contributed by atoms with Crippen molar-refractivity contribution in [1.29, 1.82) is 0 Å². The maximum Gasteiger partial charge on any atom is 0.387 e. The standard InChI is InChI=1S/C23H16F2N4O4/c24-23(25)33-20-11-10-15(29(31)32)13-14(20)9-12-21(30)26-17-6-2-1-5-16(17)22-27-18-7-3-4-8-19(18)28-22/h1-13,23H,(H,26,30)(H,27,28). The number of carbonyl (C=O) groups excluding carboxylic acids is 1. The molecule has 0 aliphatic heterocycles. The smallest absolute Gasteiger partial charge is 0.387 e. The number of H-pyrrole nitrogens is 1. The number of para-hydroxylation sites is 3. The fourth-order valence-electron chi connectivity index (χ4n) is 3.20. The number of imidazole rings is 1. The number of nitrogens with zero attached hydrogens (tertiary/aromatic N) is 2. The highest BCUT2D eigenvalue weighted by atomic mass is 19.3. The van der Waals surface area contributed by atoms with Crippen LogP contribution in [-0.2, 0) is 4.79 Å². The minimum absolute atomic E-state index is 0.0368. The number of fused-ring (bicyclic) bond motifs is 1. The molecule has 0 spiro atoms. The lowest BCUT2D eigenvalue weighted by molar-refractivity contribution is -0.384. The number of aromatic nitrogens is 2. The first kappa shape index (κ1) is 21.6. The molecule has 10 heteroatoms. The van der Waals surface area contributed by atoms with Crippen LogP contribution in [0.3, 0.4) is 0 Å². The molecule has 1 heterocycles. The normalized spacial score (nSPS) is 11.2. The Kier molecular flexibility index (Phi) is 6.07. The summed E-state index contributed by atoms with van der Waals surface area (Å²) in [7, 11) is 0. The minimum atomic E-state index is -3.12. The van der Waals surface area contributed by atoms with Gasteiger partial charge in [-0.15, -0.1) is 0 Å². The first-order chi connectivity index (χ1) is 15.9. The van der Waals surface area contributed by atoms with Crippen LogP contribution in [0.15, 0.2) is 72.8 Å². The zero-order chi connectivity index (χ0) is 23.4. The number of hydrogen-bond acceptors (Lipinski definition) is 5. The molecule has 0 saturated heterocycles. The van der Waals surface area contributed by atoms with Gasteiger partial charge in [0.2, 0.25) is 5.91 Å². The number of anilines is 1. The van der Waals surface area contributed by atoms with Gasteiger partial charge in [0.25, 0.3) is 5.69 Å². The number of hydrogen-bond donors (Lipinski definition) is 2. The van der Waals surface area contributed by atoms with Crippen molar-refractivity contribution < 1.29 is 23.2 Å². The number of alkyl halides is 2. The Morgan fingerprint density at radius 1 is 1.12 bits per heavy atom. The van der Waals surface area contributed by atoms with Crippen LogP contribution in [0.1, 0.15) is 5.56 Å². The molecule has 0 bridgehead atoms. The number of nitrogens with one attached hydrogen (secondary N) is 2. The summed E-state index contributed by atoms with van der Waals surface area (Å²) in [5.41, 5.74) is 2.36. The van der Waals surface area contributed by atoms with Crippen molar-refractivity contribution in [2.75, 3.05) is 5.32 Å². The highest BCUT2D eigenvalue weighted by Gasteiger charge is 2.14. The summed E-state index contributed by atoms with van der Waals surface area (Å²) in [5, 5.41) is 13.7. The van der Waals surface area contributed by atoms with Crippen LogP contribution in [-0.4, -0.2) is 27.4 Å². The maximum absolute atomic E-state index is 12.7. The number of aromatic amines is 1. The summed E-state index contributed by atoms with van der Waals surface area (Å²) >= 11 is 0. The first-order valence-corrected chi connectivity index (χ1v) is 9.67. The zero-order valence-corrected chi connectivity index (χ0v) is 16.9. The molecule has 0 aliphatic rings. The number of ether oxygens (including phenoxy) is 1. The monoisotopic (exact) mass is 450 g/mol. The lowest BCUT2D eigenvalue weighted by atomic mass is 10.1. The van der Waals surface area contributed by atoms with E-state index in [1.165, 1.54) is 6.08 Å². The van der Waals surface area contributed by atoms with Gasteiger partial charge in [0, 0.05) is 29.3 Å². The lowest BCUT2D eigenvalue weighted by Gasteiger charge is -2.09. The molecule has 0 atom stereocenters. The molecule has 1 aromatic heterocycles. The summed E-state index contributed by atoms with van der Waals surface area (Å²) in [4.78, 5) is 30.6. The fraction of sp³-hybridized carbons (Fsp3) is 0.0435. The Balaban J connectivity index is 1.59. The van der Waals surface area contributed by atoms with Crippen molar-refractivity contribution >= 4 is 34.4 Å². The highest BCUT2D eigenvalue weighted by molar-refractivity contribution is 6.04.